The summed E-state index contributed by atoms with van der Waals surface area (Å²) < 4.78 is 27.2. The number of benzene rings is 1. The van der Waals surface area contributed by atoms with Crippen molar-refractivity contribution >= 4 is 22.6 Å². The van der Waals surface area contributed by atoms with Crippen LogP contribution < -0.4 is 5.32 Å². The number of alkyl halides is 2. The van der Waals surface area contributed by atoms with E-state index in [9.17, 15) is 13.6 Å². The van der Waals surface area contributed by atoms with Crippen molar-refractivity contribution in [3.05, 3.63) is 60.1 Å². The first kappa shape index (κ1) is 25.6. The number of likely N-dealkylation sites (N-methyl/N-ethyl adjacent to an activating group) is 1. The van der Waals surface area contributed by atoms with Crippen LogP contribution in [-0.2, 0) is 6.54 Å². The second-order valence-corrected chi connectivity index (χ2v) is 10.7. The molecule has 0 aliphatic carbocycles. The third-order valence-electron chi connectivity index (χ3n) is 7.63. The Morgan fingerprint density at radius 1 is 1.13 bits per heavy atom. The molecule has 1 atom stereocenters. The highest BCUT2D eigenvalue weighted by molar-refractivity contribution is 6.06. The first-order chi connectivity index (χ1) is 18.8. The summed E-state index contributed by atoms with van der Waals surface area (Å²) in [5.41, 5.74) is 3.67. The van der Waals surface area contributed by atoms with Gasteiger partial charge >= 0.3 is 0 Å². The topological polar surface area (TPSA) is 92.8 Å². The standard InChI is InChI=1S/C28H32F2N8O/c1-36-8-10-38(11-9-36)25-5-3-22(16-32-25)33-27(39)26-23-13-20(2-4-24(23)34-35-26)21-12-19(14-31-15-21)17-37-7-6-28(29,30)18-37/h2-5,12-15,22H,6-11,16-18H2,1H3,(H,33,39)(H,34,35). The van der Waals surface area contributed by atoms with Crippen LogP contribution in [0.2, 0.25) is 0 Å². The number of carbonyl (C=O) groups is 1. The monoisotopic (exact) mass is 534 g/mol. The Kier molecular flexibility index (Phi) is 6.86. The van der Waals surface area contributed by atoms with Crippen LogP contribution in [0.1, 0.15) is 22.5 Å². The zero-order chi connectivity index (χ0) is 27.0. The highest BCUT2D eigenvalue weighted by atomic mass is 19.3. The average Bonchev–Trinajstić information content (AvgIpc) is 3.51. The van der Waals surface area contributed by atoms with Crippen molar-refractivity contribution in [3.63, 3.8) is 0 Å². The number of rotatable bonds is 5. The normalized spacial score (nSPS) is 21.9. The lowest BCUT2D eigenvalue weighted by Crippen LogP contribution is -2.48. The molecule has 1 aromatic carbocycles. The first-order valence-corrected chi connectivity index (χ1v) is 13.3. The molecule has 1 amide bonds. The van der Waals surface area contributed by atoms with Crippen LogP contribution in [0.25, 0.3) is 22.0 Å². The highest BCUT2D eigenvalue weighted by Gasteiger charge is 2.38. The van der Waals surface area contributed by atoms with Crippen LogP contribution in [-0.4, -0.2) is 106 Å². The first-order valence-electron chi connectivity index (χ1n) is 13.3. The molecule has 0 radical (unpaired) electrons. The second-order valence-electron chi connectivity index (χ2n) is 10.7. The van der Waals surface area contributed by atoms with Crippen molar-refractivity contribution in [2.75, 3.05) is 52.9 Å². The van der Waals surface area contributed by atoms with E-state index in [-0.39, 0.29) is 24.9 Å². The van der Waals surface area contributed by atoms with Gasteiger partial charge < -0.3 is 15.1 Å². The third-order valence-corrected chi connectivity index (χ3v) is 7.63. The van der Waals surface area contributed by atoms with Crippen LogP contribution in [0, 0.1) is 0 Å². The summed E-state index contributed by atoms with van der Waals surface area (Å²) in [7, 11) is 2.12. The smallest absolute Gasteiger partial charge is 0.272 e. The van der Waals surface area contributed by atoms with Gasteiger partial charge in [-0.2, -0.15) is 5.10 Å². The van der Waals surface area contributed by atoms with E-state index in [4.69, 9.17) is 4.99 Å². The van der Waals surface area contributed by atoms with Crippen molar-refractivity contribution < 1.29 is 13.6 Å². The molecule has 39 heavy (non-hydrogen) atoms. The lowest BCUT2D eigenvalue weighted by molar-refractivity contribution is 0.0115. The Bertz CT molecular complexity index is 1430. The number of hydrogen-bond donors (Lipinski definition) is 2. The molecule has 5 heterocycles. The number of halogens is 2. The van der Waals surface area contributed by atoms with Gasteiger partial charge in [-0.3, -0.25) is 24.8 Å². The van der Waals surface area contributed by atoms with Gasteiger partial charge in [0.15, 0.2) is 5.69 Å². The van der Waals surface area contributed by atoms with Crippen molar-refractivity contribution in [1.29, 1.82) is 0 Å². The molecule has 2 fully saturated rings. The van der Waals surface area contributed by atoms with Gasteiger partial charge in [-0.1, -0.05) is 12.1 Å². The molecule has 6 rings (SSSR count). The highest BCUT2D eigenvalue weighted by Crippen LogP contribution is 2.29. The molecule has 3 aliphatic heterocycles. The van der Waals surface area contributed by atoms with Crippen molar-refractivity contribution in [2.24, 2.45) is 4.99 Å². The minimum Gasteiger partial charge on any atom is -0.354 e. The molecule has 0 saturated carbocycles. The molecular formula is C28H32F2N8O. The number of piperazine rings is 1. The molecule has 2 N–H and O–H groups in total. The van der Waals surface area contributed by atoms with Gasteiger partial charge in [0.05, 0.1) is 24.6 Å². The Morgan fingerprint density at radius 2 is 1.97 bits per heavy atom. The summed E-state index contributed by atoms with van der Waals surface area (Å²) in [6.07, 6.45) is 7.33. The maximum absolute atomic E-state index is 13.6. The number of pyridine rings is 1. The van der Waals surface area contributed by atoms with Crippen LogP contribution in [0.3, 0.4) is 0 Å². The van der Waals surface area contributed by atoms with Gasteiger partial charge in [0.1, 0.15) is 5.84 Å². The Hall–Kier alpha value is -3.70. The van der Waals surface area contributed by atoms with Gasteiger partial charge in [-0.15, -0.1) is 0 Å². The number of H-pyrrole nitrogens is 1. The van der Waals surface area contributed by atoms with Gasteiger partial charge in [0.25, 0.3) is 11.8 Å². The SMILES string of the molecule is CN1CCN(C2=NCC(NC(=O)c3n[nH]c4ccc(-c5cncc(CN6CCC(F)(F)C6)c5)cc34)C=C2)CC1. The van der Waals surface area contributed by atoms with Gasteiger partial charge in [0, 0.05) is 69.0 Å². The second kappa shape index (κ2) is 10.5. The molecule has 11 heteroatoms. The maximum atomic E-state index is 13.6. The summed E-state index contributed by atoms with van der Waals surface area (Å²) >= 11 is 0. The molecule has 0 spiro atoms. The van der Waals surface area contributed by atoms with E-state index in [1.807, 2.05) is 36.4 Å². The summed E-state index contributed by atoms with van der Waals surface area (Å²) in [5, 5.41) is 11.0. The van der Waals surface area contributed by atoms with E-state index in [0.717, 1.165) is 54.2 Å². The molecular weight excluding hydrogens is 502 g/mol. The van der Waals surface area contributed by atoms with Crippen LogP contribution in [0.15, 0.2) is 53.8 Å². The number of hydrogen-bond acceptors (Lipinski definition) is 7. The number of aliphatic imine (C=N–C) groups is 1. The molecule has 204 valence electrons. The van der Waals surface area contributed by atoms with Crippen molar-refractivity contribution in [1.82, 2.24) is 35.2 Å². The Labute approximate surface area is 225 Å². The van der Waals surface area contributed by atoms with E-state index in [1.165, 1.54) is 0 Å². The predicted molar refractivity (Wildman–Crippen MR) is 146 cm³/mol. The average molecular weight is 535 g/mol. The van der Waals surface area contributed by atoms with Crippen LogP contribution in [0.5, 0.6) is 0 Å². The third kappa shape index (κ3) is 5.69. The lowest BCUT2D eigenvalue weighted by atomic mass is 10.0. The summed E-state index contributed by atoms with van der Waals surface area (Å²) in [5.74, 6) is -1.92. The van der Waals surface area contributed by atoms with Crippen molar-refractivity contribution in [3.8, 4) is 11.1 Å². The number of fused-ring (bicyclic) bond motifs is 1. The van der Waals surface area contributed by atoms with Gasteiger partial charge in [0.2, 0.25) is 0 Å². The maximum Gasteiger partial charge on any atom is 0.272 e. The molecule has 3 aliphatic rings. The zero-order valence-corrected chi connectivity index (χ0v) is 21.9. The fourth-order valence-electron chi connectivity index (χ4n) is 5.38. The van der Waals surface area contributed by atoms with E-state index in [0.29, 0.717) is 30.7 Å². The predicted octanol–water partition coefficient (Wildman–Crippen LogP) is 2.78. The molecule has 2 saturated heterocycles. The van der Waals surface area contributed by atoms with E-state index in [2.05, 4.69) is 37.3 Å². The van der Waals surface area contributed by atoms with Crippen LogP contribution >= 0.6 is 0 Å². The largest absolute Gasteiger partial charge is 0.354 e. The Balaban J connectivity index is 1.14. The van der Waals surface area contributed by atoms with E-state index < -0.39 is 5.92 Å². The van der Waals surface area contributed by atoms with E-state index in [1.54, 1.807) is 17.3 Å². The number of dihydropyridines is 1. The fourth-order valence-corrected chi connectivity index (χ4v) is 5.38. The number of amidine groups is 1. The summed E-state index contributed by atoms with van der Waals surface area (Å²) in [6.45, 7) is 4.98. The molecule has 0 bridgehead atoms. The quantitative estimate of drug-likeness (QED) is 0.523. The minimum atomic E-state index is -2.62. The summed E-state index contributed by atoms with van der Waals surface area (Å²) in [4.78, 5) is 28.6. The van der Waals surface area contributed by atoms with Crippen molar-refractivity contribution in [2.45, 2.75) is 24.9 Å². The number of likely N-dealkylation sites (tertiary alicyclic amines) is 1. The number of nitrogens with zero attached hydrogens (tertiary/aromatic N) is 6. The minimum absolute atomic E-state index is 0.109. The molecule has 3 aromatic rings. The molecule has 1 unspecified atom stereocenters. The van der Waals surface area contributed by atoms with Gasteiger partial charge in [-0.05, 0) is 42.4 Å². The van der Waals surface area contributed by atoms with Crippen LogP contribution in [0.4, 0.5) is 8.78 Å². The number of nitrogens with one attached hydrogen (secondary N) is 2. The number of aromatic nitrogens is 3. The van der Waals surface area contributed by atoms with E-state index >= 15 is 0 Å². The Morgan fingerprint density at radius 3 is 2.72 bits per heavy atom. The number of amides is 1. The zero-order valence-electron chi connectivity index (χ0n) is 21.9. The summed E-state index contributed by atoms with van der Waals surface area (Å²) in [6, 6.07) is 7.50. The van der Waals surface area contributed by atoms with Gasteiger partial charge in [-0.25, -0.2) is 8.78 Å². The molecule has 2 aromatic heterocycles. The molecule has 9 nitrogen and oxygen atoms in total. The number of carbonyl (C=O) groups excluding carboxylic acids is 1. The fraction of sp³-hybridized carbons (Fsp3) is 0.429. The lowest BCUT2D eigenvalue weighted by Gasteiger charge is -2.34. The number of aromatic amines is 1.